The van der Waals surface area contributed by atoms with Gasteiger partial charge in [0.15, 0.2) is 0 Å². The number of nitro benzene ring substituents is 2. The van der Waals surface area contributed by atoms with Gasteiger partial charge >= 0.3 is 0 Å². The second kappa shape index (κ2) is 5.14. The summed E-state index contributed by atoms with van der Waals surface area (Å²) in [7, 11) is 0. The minimum atomic E-state index is -0.782. The third-order valence-corrected chi connectivity index (χ3v) is 3.40. The second-order valence-corrected chi connectivity index (χ2v) is 5.28. The third-order valence-electron chi connectivity index (χ3n) is 3.40. The summed E-state index contributed by atoms with van der Waals surface area (Å²) in [6, 6.07) is 3.64. The molecule has 0 aromatic heterocycles. The zero-order chi connectivity index (χ0) is 14.9. The number of hydrogen-bond acceptors (Lipinski definition) is 6. The maximum Gasteiger partial charge on any atom is 0.280 e. The highest BCUT2D eigenvalue weighted by molar-refractivity contribution is 5.49. The van der Waals surface area contributed by atoms with Crippen LogP contribution in [-0.2, 0) is 6.54 Å². The first kappa shape index (κ1) is 14.4. The zero-order valence-corrected chi connectivity index (χ0v) is 11.0. The van der Waals surface area contributed by atoms with Gasteiger partial charge in [-0.2, -0.15) is 0 Å². The van der Waals surface area contributed by atoms with Gasteiger partial charge in [0.1, 0.15) is 0 Å². The summed E-state index contributed by atoms with van der Waals surface area (Å²) < 4.78 is 0. The van der Waals surface area contributed by atoms with Gasteiger partial charge in [-0.15, -0.1) is 0 Å². The monoisotopic (exact) mass is 281 g/mol. The molecule has 1 aliphatic heterocycles. The first-order valence-corrected chi connectivity index (χ1v) is 6.15. The highest BCUT2D eigenvalue weighted by Crippen LogP contribution is 2.28. The molecular formula is C12H15N3O5. The first-order valence-electron chi connectivity index (χ1n) is 6.15. The summed E-state index contributed by atoms with van der Waals surface area (Å²) in [6.07, 6.45) is 0.605. The quantitative estimate of drug-likeness (QED) is 0.660. The van der Waals surface area contributed by atoms with Gasteiger partial charge in [-0.25, -0.2) is 0 Å². The lowest BCUT2D eigenvalue weighted by molar-refractivity contribution is -0.394. The molecule has 1 heterocycles. The van der Waals surface area contributed by atoms with Crippen molar-refractivity contribution in [1.82, 2.24) is 4.90 Å². The molecule has 0 spiro atoms. The lowest BCUT2D eigenvalue weighted by Crippen LogP contribution is -2.29. The predicted octanol–water partition coefficient (Wildman–Crippen LogP) is 1.46. The van der Waals surface area contributed by atoms with Crippen molar-refractivity contribution in [1.29, 1.82) is 0 Å². The molecule has 2 rings (SSSR count). The van der Waals surface area contributed by atoms with E-state index in [1.54, 1.807) is 6.92 Å². The maximum atomic E-state index is 11.0. The molecule has 0 bridgehead atoms. The molecule has 8 nitrogen and oxygen atoms in total. The Labute approximate surface area is 114 Å². The molecule has 1 aromatic carbocycles. The molecule has 1 unspecified atom stereocenters. The lowest BCUT2D eigenvalue weighted by Gasteiger charge is -2.18. The van der Waals surface area contributed by atoms with Crippen molar-refractivity contribution >= 4 is 11.4 Å². The van der Waals surface area contributed by atoms with Crippen LogP contribution >= 0.6 is 0 Å². The minimum absolute atomic E-state index is 0.259. The summed E-state index contributed by atoms with van der Waals surface area (Å²) >= 11 is 0. The molecule has 1 fully saturated rings. The molecule has 1 saturated heterocycles. The number of β-amino-alcohol motifs (C(OH)–C–C–N with tert-alkyl or cyclic N) is 1. The van der Waals surface area contributed by atoms with Gasteiger partial charge in [-0.05, 0) is 19.4 Å². The summed E-state index contributed by atoms with van der Waals surface area (Å²) in [6.45, 7) is 3.09. The van der Waals surface area contributed by atoms with Crippen molar-refractivity contribution in [2.75, 3.05) is 13.1 Å². The molecule has 8 heteroatoms. The van der Waals surface area contributed by atoms with Gasteiger partial charge < -0.3 is 5.11 Å². The van der Waals surface area contributed by atoms with Gasteiger partial charge in [-0.3, -0.25) is 25.1 Å². The van der Waals surface area contributed by atoms with E-state index in [1.807, 2.05) is 4.90 Å². The molecule has 1 atom stereocenters. The Morgan fingerprint density at radius 1 is 1.35 bits per heavy atom. The van der Waals surface area contributed by atoms with Gasteiger partial charge in [0, 0.05) is 31.3 Å². The molecule has 1 aliphatic rings. The lowest BCUT2D eigenvalue weighted by atomic mass is 10.1. The predicted molar refractivity (Wildman–Crippen MR) is 70.3 cm³/mol. The molecule has 108 valence electrons. The van der Waals surface area contributed by atoms with Gasteiger partial charge in [-0.1, -0.05) is 0 Å². The van der Waals surface area contributed by atoms with Crippen LogP contribution < -0.4 is 0 Å². The molecule has 0 aliphatic carbocycles. The highest BCUT2D eigenvalue weighted by Gasteiger charge is 2.32. The number of likely N-dealkylation sites (tertiary alicyclic amines) is 1. The fourth-order valence-electron chi connectivity index (χ4n) is 2.38. The molecular weight excluding hydrogens is 266 g/mol. The number of hydrogen-bond donors (Lipinski definition) is 1. The van der Waals surface area contributed by atoms with E-state index in [-0.39, 0.29) is 11.4 Å². The van der Waals surface area contributed by atoms with Crippen LogP contribution in [0, 0.1) is 20.2 Å². The van der Waals surface area contributed by atoms with Crippen LogP contribution in [0.25, 0.3) is 0 Å². The number of rotatable bonds is 4. The summed E-state index contributed by atoms with van der Waals surface area (Å²) in [5.74, 6) is 0. The van der Waals surface area contributed by atoms with E-state index >= 15 is 0 Å². The second-order valence-electron chi connectivity index (χ2n) is 5.28. The average Bonchev–Trinajstić information content (AvgIpc) is 2.68. The maximum absolute atomic E-state index is 11.0. The smallest absolute Gasteiger partial charge is 0.280 e. The van der Waals surface area contributed by atoms with E-state index in [0.717, 1.165) is 6.07 Å². The van der Waals surface area contributed by atoms with Crippen LogP contribution in [0.2, 0.25) is 0 Å². The molecule has 0 saturated carbocycles. The van der Waals surface area contributed by atoms with Crippen molar-refractivity contribution in [2.45, 2.75) is 25.5 Å². The molecule has 0 radical (unpaired) electrons. The van der Waals surface area contributed by atoms with Crippen LogP contribution in [-0.4, -0.2) is 38.5 Å². The molecule has 1 N–H and O–H groups in total. The summed E-state index contributed by atoms with van der Waals surface area (Å²) in [5, 5.41) is 31.5. The topological polar surface area (TPSA) is 110 Å². The van der Waals surface area contributed by atoms with Crippen molar-refractivity contribution in [3.8, 4) is 0 Å². The van der Waals surface area contributed by atoms with Gasteiger partial charge in [0.2, 0.25) is 0 Å². The van der Waals surface area contributed by atoms with Crippen LogP contribution in [0.4, 0.5) is 11.4 Å². The van der Waals surface area contributed by atoms with Crippen LogP contribution in [0.15, 0.2) is 18.2 Å². The normalized spacial score (nSPS) is 22.9. The number of non-ortho nitro benzene ring substituents is 1. The van der Waals surface area contributed by atoms with Gasteiger partial charge in [0.05, 0.1) is 21.5 Å². The fourth-order valence-corrected chi connectivity index (χ4v) is 2.38. The van der Waals surface area contributed by atoms with Crippen molar-refractivity contribution < 1.29 is 15.0 Å². The standard InChI is InChI=1S/C12H15N3O5/c1-12(16)4-5-13(8-12)7-9-2-3-10(14(17)18)6-11(9)15(19)20/h2-3,6,16H,4-5,7-8H2,1H3. The SMILES string of the molecule is CC1(O)CCN(Cc2ccc([N+](=O)[O-])cc2[N+](=O)[O-])C1. The van der Waals surface area contributed by atoms with Crippen LogP contribution in [0.3, 0.4) is 0 Å². The largest absolute Gasteiger partial charge is 0.389 e. The minimum Gasteiger partial charge on any atom is -0.389 e. The van der Waals surface area contributed by atoms with E-state index in [0.29, 0.717) is 31.6 Å². The fraction of sp³-hybridized carbons (Fsp3) is 0.500. The highest BCUT2D eigenvalue weighted by atomic mass is 16.6. The zero-order valence-electron chi connectivity index (χ0n) is 11.0. The summed E-state index contributed by atoms with van der Waals surface area (Å²) in [4.78, 5) is 22.3. The van der Waals surface area contributed by atoms with Crippen molar-refractivity contribution in [2.24, 2.45) is 0 Å². The first-order chi connectivity index (χ1) is 9.28. The van der Waals surface area contributed by atoms with E-state index < -0.39 is 15.4 Å². The Hall–Kier alpha value is -2.06. The van der Waals surface area contributed by atoms with Crippen LogP contribution in [0.1, 0.15) is 18.9 Å². The summed E-state index contributed by atoms with van der Waals surface area (Å²) in [5.41, 5.74) is -0.923. The van der Waals surface area contributed by atoms with Crippen molar-refractivity contribution in [3.05, 3.63) is 44.0 Å². The Bertz CT molecular complexity index is 558. The molecule has 0 amide bonds. The average molecular weight is 281 g/mol. The Morgan fingerprint density at radius 2 is 2.05 bits per heavy atom. The van der Waals surface area contributed by atoms with Gasteiger partial charge in [0.25, 0.3) is 11.4 Å². The number of nitro groups is 2. The Morgan fingerprint density at radius 3 is 2.55 bits per heavy atom. The molecule has 20 heavy (non-hydrogen) atoms. The Balaban J connectivity index is 2.23. The molecule has 1 aromatic rings. The van der Waals surface area contributed by atoms with E-state index in [2.05, 4.69) is 0 Å². The van der Waals surface area contributed by atoms with Crippen LogP contribution in [0.5, 0.6) is 0 Å². The number of nitrogens with zero attached hydrogens (tertiary/aromatic N) is 3. The Kier molecular flexibility index (Phi) is 3.69. The third kappa shape index (κ3) is 3.09. The van der Waals surface area contributed by atoms with Crippen molar-refractivity contribution in [3.63, 3.8) is 0 Å². The van der Waals surface area contributed by atoms with E-state index in [9.17, 15) is 25.3 Å². The number of benzene rings is 1. The van der Waals surface area contributed by atoms with E-state index in [1.165, 1.54) is 12.1 Å². The number of aliphatic hydroxyl groups is 1. The van der Waals surface area contributed by atoms with E-state index in [4.69, 9.17) is 0 Å².